The van der Waals surface area contributed by atoms with E-state index in [0.29, 0.717) is 6.42 Å². The van der Waals surface area contributed by atoms with Crippen LogP contribution in [0.4, 0.5) is 0 Å². The lowest BCUT2D eigenvalue weighted by atomic mass is 9.94. The molecule has 0 bridgehead atoms. The van der Waals surface area contributed by atoms with Gasteiger partial charge in [0.15, 0.2) is 0 Å². The zero-order valence-corrected chi connectivity index (χ0v) is 8.36. The minimum absolute atomic E-state index is 0.451. The van der Waals surface area contributed by atoms with Crippen LogP contribution in [0.3, 0.4) is 0 Å². The Balaban J connectivity index is 2.53. The fourth-order valence-electron chi connectivity index (χ4n) is 1.17. The maximum Gasteiger partial charge on any atom is 0.237 e. The molecule has 1 aromatic rings. The van der Waals surface area contributed by atoms with Gasteiger partial charge in [-0.25, -0.2) is 0 Å². The molecule has 3 nitrogen and oxygen atoms in total. The molecule has 76 valence electrons. The van der Waals surface area contributed by atoms with Crippen LogP contribution in [0.5, 0.6) is 0 Å². The fourth-order valence-corrected chi connectivity index (χ4v) is 1.17. The first-order valence-electron chi connectivity index (χ1n) is 4.65. The molecule has 0 fully saturated rings. The van der Waals surface area contributed by atoms with Gasteiger partial charge in [0.1, 0.15) is 0 Å². The molecule has 1 aromatic carbocycles. The van der Waals surface area contributed by atoms with Crippen molar-refractivity contribution in [3.8, 4) is 0 Å². The molecular weight excluding hydrogens is 176 g/mol. The van der Waals surface area contributed by atoms with E-state index in [-0.39, 0.29) is 0 Å². The Hall–Kier alpha value is -1.35. The second kappa shape index (κ2) is 4.24. The zero-order valence-electron chi connectivity index (χ0n) is 8.36. The number of rotatable bonds is 4. The van der Waals surface area contributed by atoms with Gasteiger partial charge in [0.25, 0.3) is 0 Å². The predicted molar refractivity (Wildman–Crippen MR) is 56.5 cm³/mol. The highest BCUT2D eigenvalue weighted by atomic mass is 16.1. The average molecular weight is 192 g/mol. The molecule has 0 heterocycles. The Morgan fingerprint density at radius 2 is 1.93 bits per heavy atom. The number of benzene rings is 1. The third-order valence-electron chi connectivity index (χ3n) is 2.34. The van der Waals surface area contributed by atoms with E-state index in [1.165, 1.54) is 5.56 Å². The molecule has 1 amide bonds. The molecule has 0 saturated heterocycles. The lowest BCUT2D eigenvalue weighted by Gasteiger charge is -2.19. The van der Waals surface area contributed by atoms with Gasteiger partial charge in [-0.2, -0.15) is 0 Å². The molecular formula is C11H16N2O. The average Bonchev–Trinajstić information content (AvgIpc) is 2.16. The van der Waals surface area contributed by atoms with Crippen LogP contribution in [0.15, 0.2) is 30.3 Å². The van der Waals surface area contributed by atoms with Crippen molar-refractivity contribution in [2.45, 2.75) is 25.3 Å². The summed E-state index contributed by atoms with van der Waals surface area (Å²) >= 11 is 0. The molecule has 0 aliphatic carbocycles. The quantitative estimate of drug-likeness (QED) is 0.741. The Labute approximate surface area is 84.1 Å². The Bertz CT molecular complexity index is 306. The highest BCUT2D eigenvalue weighted by Gasteiger charge is 2.24. The molecule has 3 heteroatoms. The van der Waals surface area contributed by atoms with E-state index in [1.807, 2.05) is 30.3 Å². The van der Waals surface area contributed by atoms with E-state index in [4.69, 9.17) is 11.5 Å². The van der Waals surface area contributed by atoms with Crippen molar-refractivity contribution < 1.29 is 4.79 Å². The minimum Gasteiger partial charge on any atom is -0.368 e. The van der Waals surface area contributed by atoms with Crippen molar-refractivity contribution in [2.75, 3.05) is 0 Å². The molecule has 1 rings (SSSR count). The van der Waals surface area contributed by atoms with Crippen molar-refractivity contribution in [1.29, 1.82) is 0 Å². The summed E-state index contributed by atoms with van der Waals surface area (Å²) in [7, 11) is 0. The van der Waals surface area contributed by atoms with Crippen LogP contribution in [0, 0.1) is 0 Å². The van der Waals surface area contributed by atoms with Crippen LogP contribution < -0.4 is 11.5 Å². The molecule has 4 N–H and O–H groups in total. The van der Waals surface area contributed by atoms with Crippen LogP contribution in [-0.4, -0.2) is 11.4 Å². The predicted octanol–water partition coefficient (Wildman–Crippen LogP) is 0.822. The minimum atomic E-state index is -0.907. The van der Waals surface area contributed by atoms with Gasteiger partial charge < -0.3 is 11.5 Å². The number of aryl methyl sites for hydroxylation is 1. The highest BCUT2D eigenvalue weighted by Crippen LogP contribution is 2.10. The van der Waals surface area contributed by atoms with E-state index < -0.39 is 11.4 Å². The molecule has 0 aromatic heterocycles. The second-order valence-electron chi connectivity index (χ2n) is 3.77. The zero-order chi connectivity index (χ0) is 10.6. The summed E-state index contributed by atoms with van der Waals surface area (Å²) in [4.78, 5) is 10.9. The van der Waals surface area contributed by atoms with Crippen LogP contribution in [0.25, 0.3) is 0 Å². The maximum absolute atomic E-state index is 10.9. The Morgan fingerprint density at radius 1 is 1.36 bits per heavy atom. The van der Waals surface area contributed by atoms with Crippen LogP contribution in [0.1, 0.15) is 18.9 Å². The third-order valence-corrected chi connectivity index (χ3v) is 2.34. The third kappa shape index (κ3) is 2.85. The van der Waals surface area contributed by atoms with Gasteiger partial charge in [-0.1, -0.05) is 30.3 Å². The number of carbonyl (C=O) groups excluding carboxylic acids is 1. The number of nitrogens with two attached hydrogens (primary N) is 2. The molecule has 0 aliphatic rings. The SMILES string of the molecule is CC(N)(CCc1ccccc1)C(N)=O. The summed E-state index contributed by atoms with van der Waals surface area (Å²) in [5.74, 6) is -0.451. The number of amides is 1. The first kappa shape index (κ1) is 10.7. The summed E-state index contributed by atoms with van der Waals surface area (Å²) in [6, 6.07) is 9.91. The maximum atomic E-state index is 10.9. The van der Waals surface area contributed by atoms with E-state index in [9.17, 15) is 4.79 Å². The van der Waals surface area contributed by atoms with Crippen molar-refractivity contribution in [1.82, 2.24) is 0 Å². The van der Waals surface area contributed by atoms with E-state index in [2.05, 4.69) is 0 Å². The largest absolute Gasteiger partial charge is 0.368 e. The van der Waals surface area contributed by atoms with Crippen molar-refractivity contribution >= 4 is 5.91 Å². The Morgan fingerprint density at radius 3 is 2.43 bits per heavy atom. The van der Waals surface area contributed by atoms with E-state index in [0.717, 1.165) is 6.42 Å². The summed E-state index contributed by atoms with van der Waals surface area (Å²) < 4.78 is 0. The van der Waals surface area contributed by atoms with Crippen LogP contribution in [0.2, 0.25) is 0 Å². The summed E-state index contributed by atoms with van der Waals surface area (Å²) in [5, 5.41) is 0. The first-order valence-corrected chi connectivity index (χ1v) is 4.65. The topological polar surface area (TPSA) is 69.1 Å². The number of carbonyl (C=O) groups is 1. The van der Waals surface area contributed by atoms with E-state index >= 15 is 0 Å². The number of hydrogen-bond acceptors (Lipinski definition) is 2. The van der Waals surface area contributed by atoms with Gasteiger partial charge in [-0.15, -0.1) is 0 Å². The van der Waals surface area contributed by atoms with Gasteiger partial charge in [-0.05, 0) is 25.3 Å². The van der Waals surface area contributed by atoms with Crippen molar-refractivity contribution in [3.05, 3.63) is 35.9 Å². The van der Waals surface area contributed by atoms with Crippen LogP contribution in [-0.2, 0) is 11.2 Å². The number of primary amides is 1. The van der Waals surface area contributed by atoms with E-state index in [1.54, 1.807) is 6.92 Å². The lowest BCUT2D eigenvalue weighted by Crippen LogP contribution is -2.49. The van der Waals surface area contributed by atoms with Crippen molar-refractivity contribution in [3.63, 3.8) is 0 Å². The second-order valence-corrected chi connectivity index (χ2v) is 3.77. The van der Waals surface area contributed by atoms with Gasteiger partial charge >= 0.3 is 0 Å². The molecule has 1 atom stereocenters. The summed E-state index contributed by atoms with van der Waals surface area (Å²) in [6.45, 7) is 1.66. The highest BCUT2D eigenvalue weighted by molar-refractivity contribution is 5.83. The molecule has 0 radical (unpaired) electrons. The molecule has 0 aliphatic heterocycles. The molecule has 0 saturated carbocycles. The monoisotopic (exact) mass is 192 g/mol. The normalized spacial score (nSPS) is 14.7. The summed E-state index contributed by atoms with van der Waals surface area (Å²) in [6.07, 6.45) is 1.35. The van der Waals surface area contributed by atoms with Crippen LogP contribution >= 0.6 is 0 Å². The van der Waals surface area contributed by atoms with Gasteiger partial charge in [0.2, 0.25) is 5.91 Å². The van der Waals surface area contributed by atoms with Gasteiger partial charge in [0.05, 0.1) is 5.54 Å². The van der Waals surface area contributed by atoms with Gasteiger partial charge in [-0.3, -0.25) is 4.79 Å². The summed E-state index contributed by atoms with van der Waals surface area (Å²) in [5.41, 5.74) is 11.2. The Kier molecular flexibility index (Phi) is 3.25. The molecule has 14 heavy (non-hydrogen) atoms. The number of hydrogen-bond donors (Lipinski definition) is 2. The smallest absolute Gasteiger partial charge is 0.237 e. The lowest BCUT2D eigenvalue weighted by molar-refractivity contribution is -0.122. The molecule has 1 unspecified atom stereocenters. The molecule has 0 spiro atoms. The first-order chi connectivity index (χ1) is 6.52. The van der Waals surface area contributed by atoms with Gasteiger partial charge in [0, 0.05) is 0 Å². The fraction of sp³-hybridized carbons (Fsp3) is 0.364. The van der Waals surface area contributed by atoms with Crippen molar-refractivity contribution in [2.24, 2.45) is 11.5 Å². The standard InChI is InChI=1S/C11H16N2O/c1-11(13,10(12)14)8-7-9-5-3-2-4-6-9/h2-6H,7-8,13H2,1H3,(H2,12,14).